The van der Waals surface area contributed by atoms with E-state index in [0.29, 0.717) is 17.1 Å². The van der Waals surface area contributed by atoms with Crippen LogP contribution in [0.4, 0.5) is 22.0 Å². The van der Waals surface area contributed by atoms with E-state index in [1.54, 1.807) is 25.1 Å². The standard InChI is InChI=1S/C25H17F5O5/c1-11-19(12-4-7-16(32-2)18(8-12)33-3)25(31)14-6-5-13(9-17(14)35-11)34-10-15-20(26)22(28)24(30)23(29)21(15)27/h4-9H,10H2,1-3H3. The molecule has 0 atom stereocenters. The highest BCUT2D eigenvalue weighted by Gasteiger charge is 2.26. The fourth-order valence-electron chi connectivity index (χ4n) is 3.63. The van der Waals surface area contributed by atoms with Crippen LogP contribution in [0.3, 0.4) is 0 Å². The highest BCUT2D eigenvalue weighted by Crippen LogP contribution is 2.34. The van der Waals surface area contributed by atoms with E-state index >= 15 is 0 Å². The van der Waals surface area contributed by atoms with E-state index in [0.717, 1.165) is 0 Å². The van der Waals surface area contributed by atoms with Gasteiger partial charge in [0.15, 0.2) is 34.8 Å². The Morgan fingerprint density at radius 1 is 0.800 bits per heavy atom. The predicted octanol–water partition coefficient (Wildman–Crippen LogP) is 6.06. The van der Waals surface area contributed by atoms with Gasteiger partial charge in [-0.25, -0.2) is 22.0 Å². The van der Waals surface area contributed by atoms with Crippen molar-refractivity contribution in [3.63, 3.8) is 0 Å². The molecule has 0 saturated carbocycles. The number of hydrogen-bond donors (Lipinski definition) is 0. The number of ether oxygens (including phenoxy) is 3. The lowest BCUT2D eigenvalue weighted by Gasteiger charge is -2.12. The highest BCUT2D eigenvalue weighted by atomic mass is 19.2. The molecule has 0 unspecified atom stereocenters. The zero-order valence-corrected chi connectivity index (χ0v) is 18.6. The van der Waals surface area contributed by atoms with Gasteiger partial charge in [-0.15, -0.1) is 0 Å². The lowest BCUT2D eigenvalue weighted by atomic mass is 10.0. The number of hydrogen-bond acceptors (Lipinski definition) is 5. The zero-order valence-electron chi connectivity index (χ0n) is 18.6. The van der Waals surface area contributed by atoms with E-state index < -0.39 is 41.3 Å². The van der Waals surface area contributed by atoms with Gasteiger partial charge in [0.05, 0.1) is 30.7 Å². The molecule has 1 aromatic heterocycles. The molecule has 10 heteroatoms. The van der Waals surface area contributed by atoms with Gasteiger partial charge in [0, 0.05) is 6.07 Å². The molecule has 4 aromatic rings. The first-order valence-corrected chi connectivity index (χ1v) is 10.1. The Labute approximate surface area is 195 Å². The fraction of sp³-hybridized carbons (Fsp3) is 0.160. The molecule has 0 amide bonds. The Bertz CT molecular complexity index is 1480. The number of aryl methyl sites for hydroxylation is 1. The summed E-state index contributed by atoms with van der Waals surface area (Å²) >= 11 is 0. The summed E-state index contributed by atoms with van der Waals surface area (Å²) < 4.78 is 89.4. The van der Waals surface area contributed by atoms with Gasteiger partial charge in [0.2, 0.25) is 11.2 Å². The van der Waals surface area contributed by atoms with E-state index in [2.05, 4.69) is 0 Å². The Balaban J connectivity index is 1.70. The summed E-state index contributed by atoms with van der Waals surface area (Å²) in [4.78, 5) is 13.2. The van der Waals surface area contributed by atoms with E-state index in [1.165, 1.54) is 32.4 Å². The third-order valence-corrected chi connectivity index (χ3v) is 5.40. The maximum atomic E-state index is 13.9. The van der Waals surface area contributed by atoms with Crippen molar-refractivity contribution in [3.8, 4) is 28.4 Å². The quantitative estimate of drug-likeness (QED) is 0.186. The molecule has 4 rings (SSSR count). The molecule has 0 fully saturated rings. The first-order valence-electron chi connectivity index (χ1n) is 10.1. The molecule has 0 saturated heterocycles. The van der Waals surface area contributed by atoms with E-state index in [9.17, 15) is 26.7 Å². The molecule has 3 aromatic carbocycles. The minimum absolute atomic E-state index is 0.0112. The van der Waals surface area contributed by atoms with E-state index in [-0.39, 0.29) is 33.5 Å². The second kappa shape index (κ2) is 9.28. The summed E-state index contributed by atoms with van der Waals surface area (Å²) in [6.45, 7) is 0.638. The summed E-state index contributed by atoms with van der Waals surface area (Å²) in [5.74, 6) is -9.19. The number of benzene rings is 3. The summed E-state index contributed by atoms with van der Waals surface area (Å²) in [7, 11) is 2.95. The van der Waals surface area contributed by atoms with Gasteiger partial charge in [-0.3, -0.25) is 4.79 Å². The van der Waals surface area contributed by atoms with Gasteiger partial charge >= 0.3 is 0 Å². The summed E-state index contributed by atoms with van der Waals surface area (Å²) in [5, 5.41) is 0.184. The van der Waals surface area contributed by atoms with Crippen LogP contribution in [0.5, 0.6) is 17.2 Å². The number of halogens is 5. The first-order chi connectivity index (χ1) is 16.7. The van der Waals surface area contributed by atoms with Crippen molar-refractivity contribution >= 4 is 11.0 Å². The van der Waals surface area contributed by atoms with E-state index in [4.69, 9.17) is 18.6 Å². The van der Waals surface area contributed by atoms with E-state index in [1.807, 2.05) is 0 Å². The molecule has 1 heterocycles. The monoisotopic (exact) mass is 492 g/mol. The minimum Gasteiger partial charge on any atom is -0.493 e. The molecule has 35 heavy (non-hydrogen) atoms. The molecule has 0 radical (unpaired) electrons. The molecule has 182 valence electrons. The Morgan fingerprint density at radius 2 is 1.43 bits per heavy atom. The molecule has 0 spiro atoms. The van der Waals surface area contributed by atoms with Gasteiger partial charge in [-0.05, 0) is 36.8 Å². The zero-order chi connectivity index (χ0) is 25.4. The maximum absolute atomic E-state index is 13.9. The molecule has 0 aliphatic rings. The molecule has 0 aliphatic heterocycles. The molecule has 0 N–H and O–H groups in total. The van der Waals surface area contributed by atoms with Gasteiger partial charge in [-0.1, -0.05) is 6.07 Å². The average Bonchev–Trinajstić information content (AvgIpc) is 2.86. The second-order valence-corrected chi connectivity index (χ2v) is 7.43. The Hall–Kier alpha value is -4.08. The highest BCUT2D eigenvalue weighted by molar-refractivity contribution is 5.84. The van der Waals surface area contributed by atoms with Gasteiger partial charge in [0.1, 0.15) is 23.7 Å². The van der Waals surface area contributed by atoms with Crippen LogP contribution in [-0.2, 0) is 6.61 Å². The number of methoxy groups -OCH3 is 2. The Morgan fingerprint density at radius 3 is 2.06 bits per heavy atom. The van der Waals surface area contributed by atoms with Crippen molar-refractivity contribution in [2.24, 2.45) is 0 Å². The fourth-order valence-corrected chi connectivity index (χ4v) is 3.63. The van der Waals surface area contributed by atoms with Gasteiger partial charge in [-0.2, -0.15) is 0 Å². The normalized spacial score (nSPS) is 11.1. The van der Waals surface area contributed by atoms with Crippen LogP contribution in [0.25, 0.3) is 22.1 Å². The Kier molecular flexibility index (Phi) is 6.38. The molecular formula is C25H17F5O5. The molecule has 0 aliphatic carbocycles. The number of fused-ring (bicyclic) bond motifs is 1. The van der Waals surface area contributed by atoms with Gasteiger partial charge in [0.25, 0.3) is 0 Å². The van der Waals surface area contributed by atoms with Crippen molar-refractivity contribution in [3.05, 3.63) is 87.0 Å². The largest absolute Gasteiger partial charge is 0.493 e. The first kappa shape index (κ1) is 24.1. The predicted molar refractivity (Wildman–Crippen MR) is 116 cm³/mol. The van der Waals surface area contributed by atoms with Crippen LogP contribution in [0.1, 0.15) is 11.3 Å². The summed E-state index contributed by atoms with van der Waals surface area (Å²) in [5.41, 5.74) is -0.562. The van der Waals surface area contributed by atoms with Crippen molar-refractivity contribution in [1.29, 1.82) is 0 Å². The third-order valence-electron chi connectivity index (χ3n) is 5.40. The minimum atomic E-state index is -2.25. The molecule has 5 nitrogen and oxygen atoms in total. The summed E-state index contributed by atoms with van der Waals surface area (Å²) in [6, 6.07) is 8.93. The second-order valence-electron chi connectivity index (χ2n) is 7.43. The van der Waals surface area contributed by atoms with Crippen LogP contribution in [-0.4, -0.2) is 14.2 Å². The third kappa shape index (κ3) is 4.16. The lowest BCUT2D eigenvalue weighted by Crippen LogP contribution is -2.10. The van der Waals surface area contributed by atoms with Crippen molar-refractivity contribution < 1.29 is 40.6 Å². The van der Waals surface area contributed by atoms with Crippen LogP contribution in [0.2, 0.25) is 0 Å². The average molecular weight is 492 g/mol. The molecular weight excluding hydrogens is 475 g/mol. The van der Waals surface area contributed by atoms with Crippen LogP contribution >= 0.6 is 0 Å². The topological polar surface area (TPSA) is 57.9 Å². The van der Waals surface area contributed by atoms with Crippen LogP contribution in [0, 0.1) is 36.0 Å². The van der Waals surface area contributed by atoms with Crippen molar-refractivity contribution in [2.45, 2.75) is 13.5 Å². The smallest absolute Gasteiger partial charge is 0.200 e. The molecule has 0 bridgehead atoms. The van der Waals surface area contributed by atoms with Crippen molar-refractivity contribution in [1.82, 2.24) is 0 Å². The summed E-state index contributed by atoms with van der Waals surface area (Å²) in [6.07, 6.45) is 0. The van der Waals surface area contributed by atoms with Gasteiger partial charge < -0.3 is 18.6 Å². The maximum Gasteiger partial charge on any atom is 0.200 e. The van der Waals surface area contributed by atoms with Crippen LogP contribution in [0.15, 0.2) is 45.6 Å². The van der Waals surface area contributed by atoms with Crippen LogP contribution < -0.4 is 19.6 Å². The number of rotatable bonds is 6. The lowest BCUT2D eigenvalue weighted by molar-refractivity contribution is 0.279. The SMILES string of the molecule is COc1ccc(-c2c(C)oc3cc(OCc4c(F)c(F)c(F)c(F)c4F)ccc3c2=O)cc1OC. The van der Waals surface area contributed by atoms with Crippen molar-refractivity contribution in [2.75, 3.05) is 14.2 Å².